The second kappa shape index (κ2) is 6.79. The molecule has 0 aliphatic carbocycles. The maximum absolute atomic E-state index is 12.1. The summed E-state index contributed by atoms with van der Waals surface area (Å²) in [4.78, 5) is 31.7. The zero-order valence-corrected chi connectivity index (χ0v) is 16.2. The molecule has 2 heterocycles. The first-order chi connectivity index (χ1) is 12.2. The SMILES string of the molecule is CN(C)C(=O)CCCOc1ccc2c(c1Cl)CN1C(=N2)NC(=O)C1(C)C. The largest absolute Gasteiger partial charge is 0.492 e. The van der Waals surface area contributed by atoms with Crippen molar-refractivity contribution >= 4 is 35.1 Å². The van der Waals surface area contributed by atoms with Crippen LogP contribution < -0.4 is 10.1 Å². The van der Waals surface area contributed by atoms with Crippen molar-refractivity contribution in [1.82, 2.24) is 15.1 Å². The number of carbonyl (C=O) groups is 2. The van der Waals surface area contributed by atoms with Crippen LogP contribution in [0.4, 0.5) is 5.69 Å². The van der Waals surface area contributed by atoms with Crippen LogP contribution in [-0.4, -0.2) is 53.8 Å². The van der Waals surface area contributed by atoms with Crippen molar-refractivity contribution < 1.29 is 14.3 Å². The molecule has 1 aromatic carbocycles. The number of amides is 2. The third kappa shape index (κ3) is 3.23. The van der Waals surface area contributed by atoms with E-state index in [-0.39, 0.29) is 11.8 Å². The van der Waals surface area contributed by atoms with Gasteiger partial charge in [-0.3, -0.25) is 14.9 Å². The number of guanidine groups is 1. The van der Waals surface area contributed by atoms with E-state index in [0.29, 0.717) is 42.7 Å². The fourth-order valence-corrected chi connectivity index (χ4v) is 3.20. The van der Waals surface area contributed by atoms with Gasteiger partial charge in [0.1, 0.15) is 11.3 Å². The Hall–Kier alpha value is -2.28. The second-order valence-corrected chi connectivity index (χ2v) is 7.53. The summed E-state index contributed by atoms with van der Waals surface area (Å²) in [5.74, 6) is 1.11. The maximum atomic E-state index is 12.1. The number of halogens is 1. The van der Waals surface area contributed by atoms with E-state index in [1.54, 1.807) is 25.1 Å². The molecule has 0 radical (unpaired) electrons. The molecule has 8 heteroatoms. The number of aliphatic imine (C=N–C) groups is 1. The predicted octanol–water partition coefficient (Wildman–Crippen LogP) is 2.30. The smallest absolute Gasteiger partial charge is 0.252 e. The van der Waals surface area contributed by atoms with Crippen LogP contribution in [0.25, 0.3) is 0 Å². The first-order valence-corrected chi connectivity index (χ1v) is 8.91. The van der Waals surface area contributed by atoms with Gasteiger partial charge in [0.05, 0.1) is 23.9 Å². The van der Waals surface area contributed by atoms with Crippen molar-refractivity contribution in [3.63, 3.8) is 0 Å². The number of hydrogen-bond donors (Lipinski definition) is 1. The molecule has 1 aromatic rings. The summed E-state index contributed by atoms with van der Waals surface area (Å²) in [6.45, 7) is 4.59. The van der Waals surface area contributed by atoms with E-state index in [0.717, 1.165) is 11.3 Å². The normalized spacial score (nSPS) is 17.2. The zero-order valence-electron chi connectivity index (χ0n) is 15.4. The third-order valence-corrected chi connectivity index (χ3v) is 5.14. The molecule has 140 valence electrons. The number of benzene rings is 1. The van der Waals surface area contributed by atoms with Crippen LogP contribution in [0.5, 0.6) is 5.75 Å². The van der Waals surface area contributed by atoms with E-state index in [9.17, 15) is 9.59 Å². The second-order valence-electron chi connectivity index (χ2n) is 7.15. The van der Waals surface area contributed by atoms with Gasteiger partial charge in [-0.05, 0) is 32.4 Å². The molecule has 3 rings (SSSR count). The van der Waals surface area contributed by atoms with Gasteiger partial charge in [0, 0.05) is 26.1 Å². The number of hydrogen-bond acceptors (Lipinski definition) is 5. The van der Waals surface area contributed by atoms with Crippen LogP contribution >= 0.6 is 11.6 Å². The summed E-state index contributed by atoms with van der Waals surface area (Å²) in [5.41, 5.74) is 0.889. The van der Waals surface area contributed by atoms with Gasteiger partial charge in [-0.1, -0.05) is 11.6 Å². The van der Waals surface area contributed by atoms with E-state index in [4.69, 9.17) is 16.3 Å². The first-order valence-electron chi connectivity index (χ1n) is 8.54. The molecule has 2 amide bonds. The van der Waals surface area contributed by atoms with Crippen molar-refractivity contribution in [1.29, 1.82) is 0 Å². The van der Waals surface area contributed by atoms with Crippen LogP contribution in [-0.2, 0) is 16.1 Å². The lowest BCUT2D eigenvalue weighted by molar-refractivity contribution is -0.129. The highest BCUT2D eigenvalue weighted by atomic mass is 35.5. The van der Waals surface area contributed by atoms with Gasteiger partial charge >= 0.3 is 0 Å². The fourth-order valence-electron chi connectivity index (χ4n) is 2.93. The van der Waals surface area contributed by atoms with Crippen molar-refractivity contribution in [3.05, 3.63) is 22.7 Å². The number of nitrogens with zero attached hydrogens (tertiary/aromatic N) is 3. The Kier molecular flexibility index (Phi) is 4.84. The minimum atomic E-state index is -0.677. The highest BCUT2D eigenvalue weighted by molar-refractivity contribution is 6.33. The molecular formula is C18H23ClN4O3. The van der Waals surface area contributed by atoms with Crippen molar-refractivity contribution in [2.24, 2.45) is 4.99 Å². The van der Waals surface area contributed by atoms with E-state index in [2.05, 4.69) is 10.3 Å². The maximum Gasteiger partial charge on any atom is 0.252 e. The average Bonchev–Trinajstić information content (AvgIpc) is 2.80. The van der Waals surface area contributed by atoms with Gasteiger partial charge in [0.2, 0.25) is 11.9 Å². The third-order valence-electron chi connectivity index (χ3n) is 4.73. The molecule has 2 aliphatic heterocycles. The van der Waals surface area contributed by atoms with Gasteiger partial charge in [-0.25, -0.2) is 4.99 Å². The number of rotatable bonds is 5. The number of carbonyl (C=O) groups excluding carboxylic acids is 2. The molecule has 1 saturated heterocycles. The van der Waals surface area contributed by atoms with Crippen LogP contribution in [0.2, 0.25) is 5.02 Å². The Balaban J connectivity index is 1.72. The minimum absolute atomic E-state index is 0.0698. The van der Waals surface area contributed by atoms with Gasteiger partial charge in [-0.15, -0.1) is 0 Å². The van der Waals surface area contributed by atoms with E-state index in [1.807, 2.05) is 24.8 Å². The first kappa shape index (κ1) is 18.5. The highest BCUT2D eigenvalue weighted by Gasteiger charge is 2.46. The number of ether oxygens (including phenoxy) is 1. The summed E-state index contributed by atoms with van der Waals surface area (Å²) in [6.07, 6.45) is 1.04. The number of fused-ring (bicyclic) bond motifs is 2. The Labute approximate surface area is 158 Å². The summed E-state index contributed by atoms with van der Waals surface area (Å²) in [5, 5.41) is 3.31. The summed E-state index contributed by atoms with van der Waals surface area (Å²) in [6, 6.07) is 3.61. The van der Waals surface area contributed by atoms with E-state index < -0.39 is 5.54 Å². The molecule has 2 aliphatic rings. The molecule has 0 unspecified atom stereocenters. The lowest BCUT2D eigenvalue weighted by Crippen LogP contribution is -2.44. The highest BCUT2D eigenvalue weighted by Crippen LogP contribution is 2.40. The van der Waals surface area contributed by atoms with Gasteiger partial charge in [0.25, 0.3) is 5.91 Å². The van der Waals surface area contributed by atoms with E-state index >= 15 is 0 Å². The lowest BCUT2D eigenvalue weighted by atomic mass is 10.0. The van der Waals surface area contributed by atoms with E-state index in [1.165, 1.54) is 0 Å². The predicted molar refractivity (Wildman–Crippen MR) is 99.7 cm³/mol. The fraction of sp³-hybridized carbons (Fsp3) is 0.500. The molecular weight excluding hydrogens is 356 g/mol. The Morgan fingerprint density at radius 2 is 2.15 bits per heavy atom. The Morgan fingerprint density at radius 3 is 2.85 bits per heavy atom. The van der Waals surface area contributed by atoms with Crippen molar-refractivity contribution in [3.8, 4) is 5.75 Å². The van der Waals surface area contributed by atoms with Crippen LogP contribution in [0.3, 0.4) is 0 Å². The molecule has 0 spiro atoms. The zero-order chi connectivity index (χ0) is 19.1. The molecule has 0 saturated carbocycles. The molecule has 0 aromatic heterocycles. The summed E-state index contributed by atoms with van der Waals surface area (Å²) in [7, 11) is 3.47. The summed E-state index contributed by atoms with van der Waals surface area (Å²) < 4.78 is 5.77. The molecule has 0 atom stereocenters. The molecule has 1 fully saturated rings. The minimum Gasteiger partial charge on any atom is -0.492 e. The molecule has 1 N–H and O–H groups in total. The molecule has 26 heavy (non-hydrogen) atoms. The topological polar surface area (TPSA) is 74.2 Å². The average molecular weight is 379 g/mol. The van der Waals surface area contributed by atoms with Crippen LogP contribution in [0.15, 0.2) is 17.1 Å². The summed E-state index contributed by atoms with van der Waals surface area (Å²) >= 11 is 6.54. The Morgan fingerprint density at radius 1 is 1.42 bits per heavy atom. The number of nitrogens with one attached hydrogen (secondary N) is 1. The van der Waals surface area contributed by atoms with Gasteiger partial charge in [0.15, 0.2) is 0 Å². The quantitative estimate of drug-likeness (QED) is 0.798. The Bertz CT molecular complexity index is 789. The van der Waals surface area contributed by atoms with Crippen LogP contribution in [0, 0.1) is 0 Å². The lowest BCUT2D eigenvalue weighted by Gasteiger charge is -2.33. The standard InChI is InChI=1S/C18H23ClN4O3/c1-18(2)16(25)21-17-20-12-7-8-13(15(19)11(12)10-23(17)18)26-9-5-6-14(24)22(3)4/h7-8H,5-6,9-10H2,1-4H3,(H,20,21,25). The van der Waals surface area contributed by atoms with Crippen molar-refractivity contribution in [2.45, 2.75) is 38.8 Å². The van der Waals surface area contributed by atoms with Gasteiger partial charge < -0.3 is 14.5 Å². The molecule has 7 nitrogen and oxygen atoms in total. The molecule has 0 bridgehead atoms. The monoisotopic (exact) mass is 378 g/mol. The van der Waals surface area contributed by atoms with Crippen molar-refractivity contribution in [2.75, 3.05) is 20.7 Å². The van der Waals surface area contributed by atoms with Gasteiger partial charge in [-0.2, -0.15) is 0 Å². The van der Waals surface area contributed by atoms with Crippen LogP contribution in [0.1, 0.15) is 32.3 Å².